The zero-order chi connectivity index (χ0) is 16.9. The van der Waals surface area contributed by atoms with E-state index in [0.29, 0.717) is 5.95 Å². The lowest BCUT2D eigenvalue weighted by Gasteiger charge is -2.05. The van der Waals surface area contributed by atoms with Gasteiger partial charge in [-0.1, -0.05) is 18.2 Å². The Morgan fingerprint density at radius 3 is 2.64 bits per heavy atom. The molecule has 1 N–H and O–H groups in total. The summed E-state index contributed by atoms with van der Waals surface area (Å²) >= 11 is 1.76. The van der Waals surface area contributed by atoms with Gasteiger partial charge in [0.1, 0.15) is 0 Å². The Morgan fingerprint density at radius 2 is 1.76 bits per heavy atom. The molecule has 25 heavy (non-hydrogen) atoms. The molecular weight excluding hydrogens is 330 g/mol. The number of nitrogens with zero attached hydrogens (tertiary/aromatic N) is 4. The van der Waals surface area contributed by atoms with Gasteiger partial charge in [0.15, 0.2) is 0 Å². The van der Waals surface area contributed by atoms with Crippen LogP contribution in [0, 0.1) is 0 Å². The fourth-order valence-corrected chi connectivity index (χ4v) is 3.58. The van der Waals surface area contributed by atoms with Crippen molar-refractivity contribution in [1.82, 2.24) is 19.9 Å². The van der Waals surface area contributed by atoms with Gasteiger partial charge in [-0.3, -0.25) is 4.98 Å². The van der Waals surface area contributed by atoms with Crippen molar-refractivity contribution in [3.8, 4) is 11.4 Å². The molecule has 0 bridgehead atoms. The third-order valence-electron chi connectivity index (χ3n) is 3.77. The second-order valence-electron chi connectivity index (χ2n) is 5.59. The number of nitrogens with one attached hydrogen (secondary N) is 1. The highest BCUT2D eigenvalue weighted by Gasteiger charge is 2.04. The summed E-state index contributed by atoms with van der Waals surface area (Å²) in [7, 11) is 0. The van der Waals surface area contributed by atoms with Gasteiger partial charge in [-0.2, -0.15) is 0 Å². The van der Waals surface area contributed by atoms with Crippen molar-refractivity contribution >= 4 is 27.5 Å². The summed E-state index contributed by atoms with van der Waals surface area (Å²) in [6, 6.07) is 15.9. The third kappa shape index (κ3) is 3.80. The molecule has 0 unspecified atom stereocenters. The minimum atomic E-state index is 0.632. The molecule has 0 aliphatic heterocycles. The van der Waals surface area contributed by atoms with Crippen molar-refractivity contribution in [2.24, 2.45) is 0 Å². The number of hydrogen-bond acceptors (Lipinski definition) is 6. The van der Waals surface area contributed by atoms with Crippen LogP contribution in [0.3, 0.4) is 0 Å². The van der Waals surface area contributed by atoms with Crippen LogP contribution in [-0.4, -0.2) is 26.5 Å². The number of aryl methyl sites for hydroxylation is 1. The topological polar surface area (TPSA) is 63.6 Å². The van der Waals surface area contributed by atoms with Crippen LogP contribution < -0.4 is 5.32 Å². The van der Waals surface area contributed by atoms with E-state index in [1.807, 2.05) is 30.3 Å². The van der Waals surface area contributed by atoms with E-state index >= 15 is 0 Å². The summed E-state index contributed by atoms with van der Waals surface area (Å²) in [5.74, 6) is 0.632. The molecule has 0 aliphatic rings. The first-order valence-electron chi connectivity index (χ1n) is 8.21. The van der Waals surface area contributed by atoms with Gasteiger partial charge in [-0.25, -0.2) is 15.0 Å². The van der Waals surface area contributed by atoms with E-state index in [2.05, 4.69) is 43.5 Å². The SMILES string of the molecule is c1ccc(-c2ccnc(NCCCc3nc4ccccc4s3)n2)nc1. The molecule has 0 saturated heterocycles. The number of fused-ring (bicyclic) bond motifs is 1. The molecule has 0 amide bonds. The van der Waals surface area contributed by atoms with Gasteiger partial charge < -0.3 is 5.32 Å². The second kappa shape index (κ2) is 7.36. The highest BCUT2D eigenvalue weighted by atomic mass is 32.1. The van der Waals surface area contributed by atoms with Gasteiger partial charge in [0, 0.05) is 25.4 Å². The van der Waals surface area contributed by atoms with E-state index in [1.165, 1.54) is 9.71 Å². The molecule has 4 rings (SSSR count). The van der Waals surface area contributed by atoms with Gasteiger partial charge in [-0.15, -0.1) is 11.3 Å². The maximum Gasteiger partial charge on any atom is 0.223 e. The van der Waals surface area contributed by atoms with Crippen LogP contribution in [0.5, 0.6) is 0 Å². The quantitative estimate of drug-likeness (QED) is 0.530. The van der Waals surface area contributed by atoms with E-state index < -0.39 is 0 Å². The molecule has 4 aromatic rings. The van der Waals surface area contributed by atoms with Crippen molar-refractivity contribution in [3.63, 3.8) is 0 Å². The number of rotatable bonds is 6. The lowest BCUT2D eigenvalue weighted by atomic mass is 10.2. The number of thiazole rings is 1. The van der Waals surface area contributed by atoms with E-state index in [4.69, 9.17) is 0 Å². The normalized spacial score (nSPS) is 10.9. The van der Waals surface area contributed by atoms with Crippen molar-refractivity contribution < 1.29 is 0 Å². The standard InChI is InChI=1S/C19H17N5S/c1-2-8-17-16(7-1)23-18(25-17)9-5-12-21-19-22-13-10-15(24-19)14-6-3-4-11-20-14/h1-4,6-8,10-11,13H,5,9,12H2,(H,21,22,24). The maximum atomic E-state index is 4.66. The molecular formula is C19H17N5S. The van der Waals surface area contributed by atoms with Crippen LogP contribution in [-0.2, 0) is 6.42 Å². The van der Waals surface area contributed by atoms with Gasteiger partial charge in [0.2, 0.25) is 5.95 Å². The molecule has 0 radical (unpaired) electrons. The summed E-state index contributed by atoms with van der Waals surface area (Å²) in [5, 5.41) is 4.46. The predicted octanol–water partition coefficient (Wildman–Crippen LogP) is 4.19. The molecule has 124 valence electrons. The zero-order valence-electron chi connectivity index (χ0n) is 13.6. The van der Waals surface area contributed by atoms with Crippen molar-refractivity contribution in [1.29, 1.82) is 0 Å². The lowest BCUT2D eigenvalue weighted by molar-refractivity contribution is 0.848. The Bertz CT molecular complexity index is 935. The third-order valence-corrected chi connectivity index (χ3v) is 4.87. The second-order valence-corrected chi connectivity index (χ2v) is 6.70. The van der Waals surface area contributed by atoms with Crippen molar-refractivity contribution in [3.05, 3.63) is 65.9 Å². The fraction of sp³-hybridized carbons (Fsp3) is 0.158. The molecule has 0 saturated carbocycles. The predicted molar refractivity (Wildman–Crippen MR) is 102 cm³/mol. The van der Waals surface area contributed by atoms with E-state index in [1.54, 1.807) is 23.7 Å². The fourth-order valence-electron chi connectivity index (χ4n) is 2.57. The van der Waals surface area contributed by atoms with Crippen LogP contribution in [0.4, 0.5) is 5.95 Å². The van der Waals surface area contributed by atoms with Crippen LogP contribution in [0.1, 0.15) is 11.4 Å². The summed E-state index contributed by atoms with van der Waals surface area (Å²) in [5.41, 5.74) is 2.76. The Labute approximate surface area is 149 Å². The first-order valence-corrected chi connectivity index (χ1v) is 9.03. The number of benzene rings is 1. The number of aromatic nitrogens is 4. The average Bonchev–Trinajstić information content (AvgIpc) is 3.09. The minimum absolute atomic E-state index is 0.632. The lowest BCUT2D eigenvalue weighted by Crippen LogP contribution is -2.06. The molecule has 0 atom stereocenters. The largest absolute Gasteiger partial charge is 0.354 e. The molecule has 0 spiro atoms. The van der Waals surface area contributed by atoms with Crippen molar-refractivity contribution in [2.45, 2.75) is 12.8 Å². The van der Waals surface area contributed by atoms with Gasteiger partial charge in [0.05, 0.1) is 26.6 Å². The minimum Gasteiger partial charge on any atom is -0.354 e. The summed E-state index contributed by atoms with van der Waals surface area (Å²) in [6.07, 6.45) is 5.46. The van der Waals surface area contributed by atoms with Crippen LogP contribution >= 0.6 is 11.3 Å². The summed E-state index contributed by atoms with van der Waals surface area (Å²) in [6.45, 7) is 0.807. The average molecular weight is 347 g/mol. The highest BCUT2D eigenvalue weighted by molar-refractivity contribution is 7.18. The number of hydrogen-bond donors (Lipinski definition) is 1. The van der Waals surface area contributed by atoms with Gasteiger partial charge in [0.25, 0.3) is 0 Å². The van der Waals surface area contributed by atoms with E-state index in [-0.39, 0.29) is 0 Å². The Morgan fingerprint density at radius 1 is 0.840 bits per heavy atom. The Balaban J connectivity index is 1.34. The molecule has 5 nitrogen and oxygen atoms in total. The first-order chi connectivity index (χ1) is 12.4. The molecule has 3 aromatic heterocycles. The monoisotopic (exact) mass is 347 g/mol. The summed E-state index contributed by atoms with van der Waals surface area (Å²) < 4.78 is 1.25. The smallest absolute Gasteiger partial charge is 0.223 e. The molecule has 6 heteroatoms. The maximum absolute atomic E-state index is 4.66. The van der Waals surface area contributed by atoms with Crippen LogP contribution in [0.15, 0.2) is 60.9 Å². The summed E-state index contributed by atoms with van der Waals surface area (Å²) in [4.78, 5) is 17.8. The highest BCUT2D eigenvalue weighted by Crippen LogP contribution is 2.22. The van der Waals surface area contributed by atoms with Crippen LogP contribution in [0.25, 0.3) is 21.6 Å². The zero-order valence-corrected chi connectivity index (χ0v) is 14.4. The molecule has 3 heterocycles. The number of para-hydroxylation sites is 1. The van der Waals surface area contributed by atoms with Gasteiger partial charge >= 0.3 is 0 Å². The molecule has 0 aliphatic carbocycles. The van der Waals surface area contributed by atoms with Gasteiger partial charge in [-0.05, 0) is 36.8 Å². The first kappa shape index (κ1) is 15.7. The Kier molecular flexibility index (Phi) is 4.61. The van der Waals surface area contributed by atoms with E-state index in [0.717, 1.165) is 36.3 Å². The number of pyridine rings is 1. The molecule has 0 fully saturated rings. The van der Waals surface area contributed by atoms with E-state index in [9.17, 15) is 0 Å². The van der Waals surface area contributed by atoms with Crippen LogP contribution in [0.2, 0.25) is 0 Å². The number of anilines is 1. The Hall–Kier alpha value is -2.86. The molecule has 1 aromatic carbocycles. The van der Waals surface area contributed by atoms with Crippen molar-refractivity contribution in [2.75, 3.05) is 11.9 Å².